The molecule has 152 valence electrons. The van der Waals surface area contributed by atoms with Crippen LogP contribution in [0.5, 0.6) is 11.5 Å². The van der Waals surface area contributed by atoms with E-state index in [1.165, 1.54) is 11.8 Å². The summed E-state index contributed by atoms with van der Waals surface area (Å²) in [5.41, 5.74) is 1.40. The lowest BCUT2D eigenvalue weighted by atomic mass is 10.2. The van der Waals surface area contributed by atoms with E-state index in [-0.39, 0.29) is 11.7 Å². The molecule has 1 N–H and O–H groups in total. The summed E-state index contributed by atoms with van der Waals surface area (Å²) < 4.78 is 17.8. The minimum atomic E-state index is -0.198. The van der Waals surface area contributed by atoms with Crippen LogP contribution in [0.4, 0.5) is 5.69 Å². The Balaban J connectivity index is 1.73. The van der Waals surface area contributed by atoms with Crippen molar-refractivity contribution in [3.05, 3.63) is 48.9 Å². The summed E-state index contributed by atoms with van der Waals surface area (Å²) in [5.74, 6) is 2.56. The van der Waals surface area contributed by atoms with Crippen LogP contribution < -0.4 is 14.8 Å². The SMILES string of the molecule is C=CCn1c(SCC(=O)Nc2cc(OC)ccc2OC)nnc1-c1ccoc1C. The van der Waals surface area contributed by atoms with Crippen molar-refractivity contribution < 1.29 is 18.7 Å². The third-order valence-corrected chi connectivity index (χ3v) is 5.11. The molecule has 1 amide bonds. The van der Waals surface area contributed by atoms with Gasteiger partial charge in [0, 0.05) is 12.6 Å². The second kappa shape index (κ2) is 9.33. The molecule has 0 aliphatic rings. The summed E-state index contributed by atoms with van der Waals surface area (Å²) in [5, 5.41) is 12.0. The number of nitrogens with zero attached hydrogens (tertiary/aromatic N) is 3. The van der Waals surface area contributed by atoms with Gasteiger partial charge in [0.2, 0.25) is 5.91 Å². The number of furan rings is 1. The molecule has 29 heavy (non-hydrogen) atoms. The third kappa shape index (κ3) is 4.62. The average molecular weight is 414 g/mol. The maximum atomic E-state index is 12.5. The van der Waals surface area contributed by atoms with Crippen LogP contribution in [0, 0.1) is 6.92 Å². The van der Waals surface area contributed by atoms with Crippen molar-refractivity contribution >= 4 is 23.4 Å². The van der Waals surface area contributed by atoms with E-state index >= 15 is 0 Å². The average Bonchev–Trinajstić information content (AvgIpc) is 3.32. The molecule has 1 aromatic carbocycles. The fourth-order valence-electron chi connectivity index (χ4n) is 2.73. The number of benzene rings is 1. The number of carbonyl (C=O) groups is 1. The number of thioether (sulfide) groups is 1. The van der Waals surface area contributed by atoms with Gasteiger partial charge < -0.3 is 19.2 Å². The fourth-order valence-corrected chi connectivity index (χ4v) is 3.48. The number of anilines is 1. The number of allylic oxidation sites excluding steroid dienone is 1. The van der Waals surface area contributed by atoms with Crippen LogP contribution in [0.3, 0.4) is 0 Å². The van der Waals surface area contributed by atoms with Crippen molar-refractivity contribution in [3.63, 3.8) is 0 Å². The Bertz CT molecular complexity index is 1010. The smallest absolute Gasteiger partial charge is 0.234 e. The molecule has 0 aliphatic carbocycles. The van der Waals surface area contributed by atoms with Gasteiger partial charge in [-0.05, 0) is 25.1 Å². The van der Waals surface area contributed by atoms with Crippen LogP contribution in [0.15, 0.2) is 52.8 Å². The summed E-state index contributed by atoms with van der Waals surface area (Å²) in [6, 6.07) is 7.05. The van der Waals surface area contributed by atoms with Gasteiger partial charge in [0.25, 0.3) is 0 Å². The number of rotatable bonds is 9. The van der Waals surface area contributed by atoms with Gasteiger partial charge in [-0.25, -0.2) is 0 Å². The van der Waals surface area contributed by atoms with E-state index in [0.717, 1.165) is 11.3 Å². The maximum Gasteiger partial charge on any atom is 0.234 e. The lowest BCUT2D eigenvalue weighted by molar-refractivity contribution is -0.113. The van der Waals surface area contributed by atoms with Gasteiger partial charge in [-0.2, -0.15) is 0 Å². The van der Waals surface area contributed by atoms with Crippen molar-refractivity contribution in [1.29, 1.82) is 0 Å². The molecule has 0 radical (unpaired) electrons. The molecule has 0 saturated carbocycles. The minimum absolute atomic E-state index is 0.153. The van der Waals surface area contributed by atoms with E-state index < -0.39 is 0 Å². The van der Waals surface area contributed by atoms with Crippen LogP contribution in [-0.4, -0.2) is 40.6 Å². The van der Waals surface area contributed by atoms with Gasteiger partial charge in [-0.15, -0.1) is 16.8 Å². The highest BCUT2D eigenvalue weighted by molar-refractivity contribution is 7.99. The van der Waals surface area contributed by atoms with E-state index in [0.29, 0.717) is 34.7 Å². The van der Waals surface area contributed by atoms with Crippen LogP contribution in [-0.2, 0) is 11.3 Å². The Morgan fingerprint density at radius 3 is 2.79 bits per heavy atom. The van der Waals surface area contributed by atoms with Gasteiger partial charge in [0.05, 0.1) is 37.5 Å². The topological polar surface area (TPSA) is 91.4 Å². The first kappa shape index (κ1) is 20.5. The number of methoxy groups -OCH3 is 2. The van der Waals surface area contributed by atoms with Gasteiger partial charge in [0.1, 0.15) is 17.3 Å². The predicted octanol–water partition coefficient (Wildman–Crippen LogP) is 3.78. The third-order valence-electron chi connectivity index (χ3n) is 4.14. The van der Waals surface area contributed by atoms with E-state index in [4.69, 9.17) is 13.9 Å². The number of aryl methyl sites for hydroxylation is 1. The Hall–Kier alpha value is -3.20. The molecule has 0 spiro atoms. The highest BCUT2D eigenvalue weighted by Crippen LogP contribution is 2.30. The summed E-state index contributed by atoms with van der Waals surface area (Å²) in [6.45, 7) is 6.17. The van der Waals surface area contributed by atoms with E-state index in [2.05, 4.69) is 22.1 Å². The van der Waals surface area contributed by atoms with E-state index in [1.54, 1.807) is 44.8 Å². The molecule has 0 atom stereocenters. The molecule has 2 heterocycles. The van der Waals surface area contributed by atoms with Gasteiger partial charge in [0.15, 0.2) is 11.0 Å². The summed E-state index contributed by atoms with van der Waals surface area (Å²) in [7, 11) is 3.11. The number of nitrogens with one attached hydrogen (secondary N) is 1. The number of ether oxygens (including phenoxy) is 2. The molecule has 0 unspecified atom stereocenters. The summed E-state index contributed by atoms with van der Waals surface area (Å²) >= 11 is 1.29. The molecular formula is C20H22N4O4S. The van der Waals surface area contributed by atoms with E-state index in [1.807, 2.05) is 17.6 Å². The lowest BCUT2D eigenvalue weighted by Gasteiger charge is -2.12. The van der Waals surface area contributed by atoms with Gasteiger partial charge in [-0.1, -0.05) is 17.8 Å². The molecular weight excluding hydrogens is 392 g/mol. The van der Waals surface area contributed by atoms with Crippen LogP contribution in [0.2, 0.25) is 0 Å². The fraction of sp³-hybridized carbons (Fsp3) is 0.250. The molecule has 0 fully saturated rings. The van der Waals surface area contributed by atoms with Crippen LogP contribution >= 0.6 is 11.8 Å². The first-order valence-corrected chi connectivity index (χ1v) is 9.79. The second-order valence-corrected chi connectivity index (χ2v) is 6.94. The van der Waals surface area contributed by atoms with Crippen molar-refractivity contribution in [2.24, 2.45) is 0 Å². The highest BCUT2D eigenvalue weighted by atomic mass is 32.2. The Morgan fingerprint density at radius 1 is 1.31 bits per heavy atom. The van der Waals surface area contributed by atoms with Crippen molar-refractivity contribution in [1.82, 2.24) is 14.8 Å². The molecule has 3 rings (SSSR count). The standard InChI is InChI=1S/C20H22N4O4S/c1-5-9-24-19(15-8-10-28-13(15)2)22-23-20(24)29-12-18(25)21-16-11-14(26-3)6-7-17(16)27-4/h5-8,10-11H,1,9,12H2,2-4H3,(H,21,25). The Labute approximate surface area is 172 Å². The number of hydrogen-bond donors (Lipinski definition) is 1. The zero-order chi connectivity index (χ0) is 20.8. The van der Waals surface area contributed by atoms with Crippen LogP contribution in [0.1, 0.15) is 5.76 Å². The zero-order valence-electron chi connectivity index (χ0n) is 16.5. The number of amides is 1. The quantitative estimate of drug-likeness (QED) is 0.421. The van der Waals surface area contributed by atoms with Crippen molar-refractivity contribution in [3.8, 4) is 22.9 Å². The molecule has 2 aromatic heterocycles. The predicted molar refractivity (Wildman–Crippen MR) is 112 cm³/mol. The maximum absolute atomic E-state index is 12.5. The van der Waals surface area contributed by atoms with Crippen molar-refractivity contribution in [2.45, 2.75) is 18.6 Å². The lowest BCUT2D eigenvalue weighted by Crippen LogP contribution is -2.15. The molecule has 3 aromatic rings. The molecule has 8 nitrogen and oxygen atoms in total. The first-order chi connectivity index (χ1) is 14.1. The van der Waals surface area contributed by atoms with E-state index in [9.17, 15) is 4.79 Å². The second-order valence-electron chi connectivity index (χ2n) is 6.00. The zero-order valence-corrected chi connectivity index (χ0v) is 17.3. The van der Waals surface area contributed by atoms with Crippen molar-refractivity contribution in [2.75, 3.05) is 25.3 Å². The van der Waals surface area contributed by atoms with Crippen LogP contribution in [0.25, 0.3) is 11.4 Å². The normalized spacial score (nSPS) is 10.6. The first-order valence-electron chi connectivity index (χ1n) is 8.80. The monoisotopic (exact) mass is 414 g/mol. The largest absolute Gasteiger partial charge is 0.497 e. The number of carbonyl (C=O) groups excluding carboxylic acids is 1. The molecule has 0 bridgehead atoms. The Kier molecular flexibility index (Phi) is 6.61. The molecule has 0 aliphatic heterocycles. The Morgan fingerprint density at radius 2 is 2.14 bits per heavy atom. The summed E-state index contributed by atoms with van der Waals surface area (Å²) in [6.07, 6.45) is 3.37. The minimum Gasteiger partial charge on any atom is -0.497 e. The number of aromatic nitrogens is 3. The highest BCUT2D eigenvalue weighted by Gasteiger charge is 2.18. The molecule has 9 heteroatoms. The molecule has 0 saturated heterocycles. The summed E-state index contributed by atoms with van der Waals surface area (Å²) in [4.78, 5) is 12.5. The van der Waals surface area contributed by atoms with Gasteiger partial charge in [-0.3, -0.25) is 9.36 Å². The van der Waals surface area contributed by atoms with Gasteiger partial charge >= 0.3 is 0 Å². The number of hydrogen-bond acceptors (Lipinski definition) is 7.